The molecule has 0 aliphatic carbocycles. The van der Waals surface area contributed by atoms with E-state index < -0.39 is 6.61 Å². The summed E-state index contributed by atoms with van der Waals surface area (Å²) in [5.41, 5.74) is 2.15. The number of benzene rings is 1. The van der Waals surface area contributed by atoms with Gasteiger partial charge in [0.25, 0.3) is 5.91 Å². The number of hydrogen-bond donors (Lipinski definition) is 0. The highest BCUT2D eigenvalue weighted by molar-refractivity contribution is 5.97. The quantitative estimate of drug-likeness (QED) is 0.850. The molecule has 1 aromatic carbocycles. The molecular weight excluding hydrogens is 328 g/mol. The average molecular weight is 349 g/mol. The number of para-hydroxylation sites is 1. The molecule has 7 heteroatoms. The molecule has 2 aromatic rings. The SMILES string of the molecule is CC(C)c1nc2c(n1C)CCN(C(=O)c1ccccc1OC(F)F)C2. The molecule has 25 heavy (non-hydrogen) atoms. The van der Waals surface area contributed by atoms with Gasteiger partial charge in [0, 0.05) is 31.6 Å². The van der Waals surface area contributed by atoms with E-state index in [1.54, 1.807) is 17.0 Å². The highest BCUT2D eigenvalue weighted by Gasteiger charge is 2.28. The van der Waals surface area contributed by atoms with Crippen LogP contribution >= 0.6 is 0 Å². The Morgan fingerprint density at radius 3 is 2.68 bits per heavy atom. The highest BCUT2D eigenvalue weighted by atomic mass is 19.3. The Labute approximate surface area is 145 Å². The van der Waals surface area contributed by atoms with E-state index in [2.05, 4.69) is 28.1 Å². The summed E-state index contributed by atoms with van der Waals surface area (Å²) < 4.78 is 31.7. The maximum absolute atomic E-state index is 12.8. The van der Waals surface area contributed by atoms with Crippen molar-refractivity contribution in [2.75, 3.05) is 6.54 Å². The van der Waals surface area contributed by atoms with Crippen LogP contribution in [0.1, 0.15) is 47.3 Å². The first kappa shape index (κ1) is 17.4. The summed E-state index contributed by atoms with van der Waals surface area (Å²) in [4.78, 5) is 19.1. The summed E-state index contributed by atoms with van der Waals surface area (Å²) in [5, 5.41) is 0. The van der Waals surface area contributed by atoms with E-state index >= 15 is 0 Å². The molecule has 1 aromatic heterocycles. The predicted octanol–water partition coefficient (Wildman–Crippen LogP) is 3.34. The molecule has 0 atom stereocenters. The van der Waals surface area contributed by atoms with Crippen molar-refractivity contribution in [3.8, 4) is 5.75 Å². The van der Waals surface area contributed by atoms with Gasteiger partial charge in [-0.3, -0.25) is 4.79 Å². The number of carbonyl (C=O) groups is 1. The molecule has 0 saturated heterocycles. The first-order chi connectivity index (χ1) is 11.9. The molecule has 1 aliphatic rings. The Balaban J connectivity index is 1.85. The van der Waals surface area contributed by atoms with Crippen LogP contribution in [0.3, 0.4) is 0 Å². The number of alkyl halides is 2. The van der Waals surface area contributed by atoms with Gasteiger partial charge in [-0.2, -0.15) is 8.78 Å². The van der Waals surface area contributed by atoms with Crippen LogP contribution in [-0.2, 0) is 20.0 Å². The minimum atomic E-state index is -2.97. The van der Waals surface area contributed by atoms with Gasteiger partial charge in [0.2, 0.25) is 0 Å². The molecule has 0 spiro atoms. The molecule has 0 radical (unpaired) electrons. The third-order valence-corrected chi connectivity index (χ3v) is 4.43. The first-order valence-electron chi connectivity index (χ1n) is 8.26. The average Bonchev–Trinajstić information content (AvgIpc) is 2.91. The van der Waals surface area contributed by atoms with Gasteiger partial charge in [-0.25, -0.2) is 4.98 Å². The number of imidazole rings is 1. The van der Waals surface area contributed by atoms with Gasteiger partial charge >= 0.3 is 6.61 Å². The maximum Gasteiger partial charge on any atom is 0.387 e. The van der Waals surface area contributed by atoms with Crippen LogP contribution in [0.5, 0.6) is 5.75 Å². The molecule has 0 fully saturated rings. The van der Waals surface area contributed by atoms with Gasteiger partial charge in [-0.1, -0.05) is 26.0 Å². The third-order valence-electron chi connectivity index (χ3n) is 4.43. The normalized spacial score (nSPS) is 14.1. The summed E-state index contributed by atoms with van der Waals surface area (Å²) >= 11 is 0. The number of halogens is 2. The number of hydrogen-bond acceptors (Lipinski definition) is 3. The molecular formula is C18H21F2N3O2. The van der Waals surface area contributed by atoms with Gasteiger partial charge in [-0.05, 0) is 12.1 Å². The van der Waals surface area contributed by atoms with Crippen LogP contribution in [0, 0.1) is 0 Å². The number of nitrogens with zero attached hydrogens (tertiary/aromatic N) is 3. The molecule has 134 valence electrons. The second-order valence-electron chi connectivity index (χ2n) is 6.43. The molecule has 2 heterocycles. The van der Waals surface area contributed by atoms with E-state index in [0.29, 0.717) is 25.4 Å². The van der Waals surface area contributed by atoms with Gasteiger partial charge in [-0.15, -0.1) is 0 Å². The first-order valence-corrected chi connectivity index (χ1v) is 8.26. The van der Waals surface area contributed by atoms with Crippen molar-refractivity contribution in [1.82, 2.24) is 14.5 Å². The van der Waals surface area contributed by atoms with Crippen molar-refractivity contribution in [1.29, 1.82) is 0 Å². The van der Waals surface area contributed by atoms with Gasteiger partial charge < -0.3 is 14.2 Å². The zero-order valence-electron chi connectivity index (χ0n) is 14.5. The van der Waals surface area contributed by atoms with Gasteiger partial charge in [0.15, 0.2) is 0 Å². The molecule has 5 nitrogen and oxygen atoms in total. The number of amides is 1. The lowest BCUT2D eigenvalue weighted by molar-refractivity contribution is -0.0503. The fraction of sp³-hybridized carbons (Fsp3) is 0.444. The number of carbonyl (C=O) groups excluding carboxylic acids is 1. The minimum absolute atomic E-state index is 0.0998. The molecule has 0 bridgehead atoms. The highest BCUT2D eigenvalue weighted by Crippen LogP contribution is 2.27. The summed E-state index contributed by atoms with van der Waals surface area (Å²) in [6.45, 7) is 2.08. The molecule has 0 saturated carbocycles. The van der Waals surface area contributed by atoms with Crippen LogP contribution in [0.25, 0.3) is 0 Å². The maximum atomic E-state index is 12.8. The van der Waals surface area contributed by atoms with Gasteiger partial charge in [0.05, 0.1) is 17.8 Å². The summed E-state index contributed by atoms with van der Waals surface area (Å²) in [6, 6.07) is 6.09. The topological polar surface area (TPSA) is 47.4 Å². The standard InChI is InChI=1S/C18H21F2N3O2/c1-11(2)16-21-13-10-23(9-8-14(13)22(16)3)17(24)12-6-4-5-7-15(12)25-18(19)20/h4-7,11,18H,8-10H2,1-3H3. The summed E-state index contributed by atoms with van der Waals surface area (Å²) in [6.07, 6.45) is 0.690. The molecule has 0 unspecified atom stereocenters. The number of rotatable bonds is 4. The van der Waals surface area contributed by atoms with Crippen molar-refractivity contribution in [2.45, 2.75) is 39.3 Å². The Kier molecular flexibility index (Phi) is 4.74. The zero-order valence-corrected chi connectivity index (χ0v) is 14.5. The monoisotopic (exact) mass is 349 g/mol. The largest absolute Gasteiger partial charge is 0.434 e. The lowest BCUT2D eigenvalue weighted by Gasteiger charge is -2.27. The van der Waals surface area contributed by atoms with E-state index in [1.165, 1.54) is 12.1 Å². The van der Waals surface area contributed by atoms with Crippen LogP contribution in [-0.4, -0.2) is 33.5 Å². The Bertz CT molecular complexity index is 787. The van der Waals surface area contributed by atoms with Crippen LogP contribution in [0.4, 0.5) is 8.78 Å². The van der Waals surface area contributed by atoms with E-state index in [9.17, 15) is 13.6 Å². The fourth-order valence-electron chi connectivity index (χ4n) is 3.25. The number of aromatic nitrogens is 2. The molecule has 3 rings (SSSR count). The van der Waals surface area contributed by atoms with Crippen molar-refractivity contribution < 1.29 is 18.3 Å². The summed E-state index contributed by atoms with van der Waals surface area (Å²) in [7, 11) is 1.99. The van der Waals surface area contributed by atoms with E-state index in [4.69, 9.17) is 0 Å². The predicted molar refractivity (Wildman–Crippen MR) is 88.8 cm³/mol. The van der Waals surface area contributed by atoms with Crippen molar-refractivity contribution >= 4 is 5.91 Å². The van der Waals surface area contributed by atoms with E-state index in [-0.39, 0.29) is 17.2 Å². The molecule has 0 N–H and O–H groups in total. The van der Waals surface area contributed by atoms with E-state index in [0.717, 1.165) is 17.2 Å². The lowest BCUT2D eigenvalue weighted by atomic mass is 10.1. The smallest absolute Gasteiger partial charge is 0.387 e. The summed E-state index contributed by atoms with van der Waals surface area (Å²) in [5.74, 6) is 0.858. The van der Waals surface area contributed by atoms with E-state index in [1.807, 2.05) is 7.05 Å². The third kappa shape index (κ3) is 3.36. The fourth-order valence-corrected chi connectivity index (χ4v) is 3.25. The Hall–Kier alpha value is -2.44. The van der Waals surface area contributed by atoms with Crippen molar-refractivity contribution in [3.63, 3.8) is 0 Å². The van der Waals surface area contributed by atoms with Crippen LogP contribution in [0.2, 0.25) is 0 Å². The number of fused-ring (bicyclic) bond motifs is 1. The Morgan fingerprint density at radius 2 is 2.00 bits per heavy atom. The minimum Gasteiger partial charge on any atom is -0.434 e. The molecule has 1 aliphatic heterocycles. The second-order valence-corrected chi connectivity index (χ2v) is 6.43. The molecule has 1 amide bonds. The van der Waals surface area contributed by atoms with Crippen molar-refractivity contribution in [2.24, 2.45) is 7.05 Å². The number of ether oxygens (including phenoxy) is 1. The Morgan fingerprint density at radius 1 is 1.28 bits per heavy atom. The van der Waals surface area contributed by atoms with Crippen molar-refractivity contribution in [3.05, 3.63) is 47.0 Å². The van der Waals surface area contributed by atoms with Crippen LogP contribution < -0.4 is 4.74 Å². The second kappa shape index (κ2) is 6.82. The van der Waals surface area contributed by atoms with Gasteiger partial charge in [0.1, 0.15) is 11.6 Å². The zero-order chi connectivity index (χ0) is 18.1. The lowest BCUT2D eigenvalue weighted by Crippen LogP contribution is -2.36. The van der Waals surface area contributed by atoms with Crippen LogP contribution in [0.15, 0.2) is 24.3 Å².